The zero-order valence-corrected chi connectivity index (χ0v) is 17.0. The molecular weight excluding hydrogens is 382 g/mol. The van der Waals surface area contributed by atoms with E-state index in [1.165, 1.54) is 0 Å². The molecule has 4 rings (SSSR count). The molecule has 150 valence electrons. The normalized spacial score (nSPS) is 19.8. The van der Waals surface area contributed by atoms with Crippen molar-refractivity contribution in [3.8, 4) is 11.5 Å². The van der Waals surface area contributed by atoms with Gasteiger partial charge >= 0.3 is 0 Å². The molecule has 1 amide bonds. The second-order valence-corrected chi connectivity index (χ2v) is 9.61. The molecule has 9 heteroatoms. The van der Waals surface area contributed by atoms with Gasteiger partial charge in [-0.15, -0.1) is 0 Å². The van der Waals surface area contributed by atoms with Gasteiger partial charge < -0.3 is 14.4 Å². The van der Waals surface area contributed by atoms with Crippen LogP contribution in [0.1, 0.15) is 39.8 Å². The number of benzene rings is 1. The molecule has 1 saturated heterocycles. The molecule has 0 bridgehead atoms. The molecule has 3 heterocycles. The van der Waals surface area contributed by atoms with E-state index in [0.29, 0.717) is 30.0 Å². The molecule has 2 aliphatic heterocycles. The molecule has 2 aliphatic rings. The van der Waals surface area contributed by atoms with Crippen molar-refractivity contribution >= 4 is 15.7 Å². The predicted molar refractivity (Wildman–Crippen MR) is 102 cm³/mol. The molecule has 0 aliphatic carbocycles. The molecule has 0 radical (unpaired) electrons. The summed E-state index contributed by atoms with van der Waals surface area (Å²) >= 11 is 0. The summed E-state index contributed by atoms with van der Waals surface area (Å²) in [4.78, 5) is 14.5. The van der Waals surface area contributed by atoms with Crippen LogP contribution in [-0.2, 0) is 16.4 Å². The maximum Gasteiger partial charge on any atom is 0.254 e. The van der Waals surface area contributed by atoms with E-state index in [4.69, 9.17) is 9.47 Å². The Morgan fingerprint density at radius 1 is 1.29 bits per heavy atom. The van der Waals surface area contributed by atoms with Crippen LogP contribution in [0.5, 0.6) is 11.5 Å². The predicted octanol–water partition coefficient (Wildman–Crippen LogP) is 1.86. The molecule has 0 spiro atoms. The Kier molecular flexibility index (Phi) is 4.57. The third-order valence-corrected chi connectivity index (χ3v) is 7.14. The van der Waals surface area contributed by atoms with Gasteiger partial charge in [0.15, 0.2) is 21.3 Å². The summed E-state index contributed by atoms with van der Waals surface area (Å²) < 4.78 is 36.1. The van der Waals surface area contributed by atoms with E-state index in [9.17, 15) is 13.2 Å². The molecule has 8 nitrogen and oxygen atoms in total. The molecule has 1 aromatic carbocycles. The van der Waals surface area contributed by atoms with Gasteiger partial charge in [0.2, 0.25) is 6.79 Å². The Bertz CT molecular complexity index is 1040. The number of carbonyl (C=O) groups is 1. The van der Waals surface area contributed by atoms with E-state index in [-0.39, 0.29) is 30.2 Å². The average molecular weight is 405 g/mol. The van der Waals surface area contributed by atoms with Crippen LogP contribution in [0.3, 0.4) is 0 Å². The average Bonchev–Trinajstić information content (AvgIpc) is 3.33. The van der Waals surface area contributed by atoms with Gasteiger partial charge in [0.1, 0.15) is 0 Å². The van der Waals surface area contributed by atoms with Crippen molar-refractivity contribution < 1.29 is 22.7 Å². The first-order valence-corrected chi connectivity index (χ1v) is 11.0. The van der Waals surface area contributed by atoms with Crippen LogP contribution in [0.15, 0.2) is 18.2 Å². The van der Waals surface area contributed by atoms with Crippen molar-refractivity contribution in [2.24, 2.45) is 0 Å². The van der Waals surface area contributed by atoms with Crippen molar-refractivity contribution in [3.05, 3.63) is 40.7 Å². The first-order valence-electron chi connectivity index (χ1n) is 9.15. The number of aryl methyl sites for hydroxylation is 1. The molecule has 1 fully saturated rings. The van der Waals surface area contributed by atoms with Crippen molar-refractivity contribution in [1.29, 1.82) is 0 Å². The fraction of sp³-hybridized carbons (Fsp3) is 0.474. The minimum atomic E-state index is -2.99. The highest BCUT2D eigenvalue weighted by molar-refractivity contribution is 7.91. The summed E-state index contributed by atoms with van der Waals surface area (Å²) in [5, 5.41) is 4.57. The lowest BCUT2D eigenvalue weighted by atomic mass is 10.1. The number of fused-ring (bicyclic) bond motifs is 1. The SMILES string of the molecule is Cc1nn([C@H]2CCS(=O)(=O)C2)c(C)c1CN(C)C(=O)c1ccc2c(c1)OCO2. The number of hydrogen-bond donors (Lipinski definition) is 0. The number of rotatable bonds is 4. The zero-order valence-electron chi connectivity index (χ0n) is 16.1. The Balaban J connectivity index is 1.53. The van der Waals surface area contributed by atoms with Gasteiger partial charge in [-0.25, -0.2) is 8.42 Å². The minimum absolute atomic E-state index is 0.125. The number of amides is 1. The second-order valence-electron chi connectivity index (χ2n) is 7.38. The first-order chi connectivity index (χ1) is 13.2. The van der Waals surface area contributed by atoms with Gasteiger partial charge in [0.05, 0.1) is 23.2 Å². The van der Waals surface area contributed by atoms with Crippen LogP contribution in [0.4, 0.5) is 0 Å². The highest BCUT2D eigenvalue weighted by Gasteiger charge is 2.31. The number of hydrogen-bond acceptors (Lipinski definition) is 6. The van der Waals surface area contributed by atoms with Crippen LogP contribution in [0, 0.1) is 13.8 Å². The van der Waals surface area contributed by atoms with Gasteiger partial charge in [-0.05, 0) is 38.5 Å². The van der Waals surface area contributed by atoms with E-state index >= 15 is 0 Å². The van der Waals surface area contributed by atoms with Crippen LogP contribution < -0.4 is 9.47 Å². The van der Waals surface area contributed by atoms with Crippen molar-refractivity contribution in [3.63, 3.8) is 0 Å². The van der Waals surface area contributed by atoms with Crippen LogP contribution in [0.25, 0.3) is 0 Å². The van der Waals surface area contributed by atoms with Crippen molar-refractivity contribution in [1.82, 2.24) is 14.7 Å². The third kappa shape index (κ3) is 3.34. The van der Waals surface area contributed by atoms with Crippen LogP contribution in [0.2, 0.25) is 0 Å². The Labute approximate surface area is 164 Å². The maximum absolute atomic E-state index is 12.8. The second kappa shape index (κ2) is 6.80. The number of aromatic nitrogens is 2. The lowest BCUT2D eigenvalue weighted by Gasteiger charge is -2.18. The summed E-state index contributed by atoms with van der Waals surface area (Å²) in [6.45, 7) is 4.38. The maximum atomic E-state index is 12.8. The first kappa shape index (κ1) is 18.8. The van der Waals surface area contributed by atoms with Gasteiger partial charge in [0.25, 0.3) is 5.91 Å². The van der Waals surface area contributed by atoms with E-state index in [0.717, 1.165) is 17.0 Å². The minimum Gasteiger partial charge on any atom is -0.454 e. The molecular formula is C19H23N3O5S. The van der Waals surface area contributed by atoms with E-state index in [1.807, 2.05) is 18.5 Å². The number of nitrogens with zero attached hydrogens (tertiary/aromatic N) is 3. The zero-order chi connectivity index (χ0) is 20.1. The van der Waals surface area contributed by atoms with E-state index in [1.54, 1.807) is 30.1 Å². The summed E-state index contributed by atoms with van der Waals surface area (Å²) in [6.07, 6.45) is 0.579. The molecule has 0 N–H and O–H groups in total. The van der Waals surface area contributed by atoms with Gasteiger partial charge in [0, 0.05) is 30.4 Å². The number of carbonyl (C=O) groups excluding carboxylic acids is 1. The molecule has 0 unspecified atom stereocenters. The van der Waals surface area contributed by atoms with E-state index < -0.39 is 9.84 Å². The Morgan fingerprint density at radius 2 is 2.04 bits per heavy atom. The molecule has 1 aromatic heterocycles. The van der Waals surface area contributed by atoms with Crippen molar-refractivity contribution in [2.75, 3.05) is 25.3 Å². The van der Waals surface area contributed by atoms with Gasteiger partial charge in [-0.3, -0.25) is 9.48 Å². The summed E-state index contributed by atoms with van der Waals surface area (Å²) in [6, 6.07) is 5.01. The summed E-state index contributed by atoms with van der Waals surface area (Å²) in [5.41, 5.74) is 3.19. The molecule has 0 saturated carbocycles. The van der Waals surface area contributed by atoms with Crippen LogP contribution >= 0.6 is 0 Å². The van der Waals surface area contributed by atoms with Gasteiger partial charge in [-0.2, -0.15) is 5.10 Å². The quantitative estimate of drug-likeness (QED) is 0.771. The third-order valence-electron chi connectivity index (χ3n) is 5.39. The standard InChI is InChI=1S/C19H23N3O5S/c1-12-16(13(2)22(20-12)15-6-7-28(24,25)10-15)9-21(3)19(23)14-4-5-17-18(8-14)27-11-26-17/h4-5,8,15H,6-7,9-11H2,1-3H3/t15-/m0/s1. The molecule has 1 atom stereocenters. The highest BCUT2D eigenvalue weighted by atomic mass is 32.2. The Hall–Kier alpha value is -2.55. The largest absolute Gasteiger partial charge is 0.454 e. The summed E-state index contributed by atoms with van der Waals surface area (Å²) in [7, 11) is -1.25. The van der Waals surface area contributed by atoms with Crippen molar-refractivity contribution in [2.45, 2.75) is 32.9 Å². The van der Waals surface area contributed by atoms with Gasteiger partial charge in [-0.1, -0.05) is 0 Å². The topological polar surface area (TPSA) is 90.7 Å². The lowest BCUT2D eigenvalue weighted by molar-refractivity contribution is 0.0784. The number of sulfone groups is 1. The highest BCUT2D eigenvalue weighted by Crippen LogP contribution is 2.33. The smallest absolute Gasteiger partial charge is 0.254 e. The fourth-order valence-electron chi connectivity index (χ4n) is 3.81. The monoisotopic (exact) mass is 405 g/mol. The Morgan fingerprint density at radius 3 is 2.75 bits per heavy atom. The van der Waals surface area contributed by atoms with Crippen LogP contribution in [-0.4, -0.2) is 54.4 Å². The molecule has 2 aromatic rings. The summed E-state index contributed by atoms with van der Waals surface area (Å²) in [5.74, 6) is 1.41. The lowest BCUT2D eigenvalue weighted by Crippen LogP contribution is -2.26. The number of ether oxygens (including phenoxy) is 2. The fourth-order valence-corrected chi connectivity index (χ4v) is 5.50. The van der Waals surface area contributed by atoms with E-state index in [2.05, 4.69) is 5.10 Å². The molecule has 28 heavy (non-hydrogen) atoms.